The van der Waals surface area contributed by atoms with Gasteiger partial charge in [-0.25, -0.2) is 4.68 Å². The highest BCUT2D eigenvalue weighted by atomic mass is 79.9. The topological polar surface area (TPSA) is 53.1 Å². The van der Waals surface area contributed by atoms with Gasteiger partial charge in [0.05, 0.1) is 5.69 Å². The van der Waals surface area contributed by atoms with Gasteiger partial charge in [-0.15, -0.1) is 0 Å². The van der Waals surface area contributed by atoms with E-state index in [9.17, 15) is 0 Å². The van der Waals surface area contributed by atoms with Gasteiger partial charge >= 0.3 is 0 Å². The van der Waals surface area contributed by atoms with Crippen LogP contribution in [0.4, 0.5) is 0 Å². The maximum atomic E-state index is 6.05. The van der Waals surface area contributed by atoms with E-state index in [2.05, 4.69) is 34.9 Å². The van der Waals surface area contributed by atoms with Gasteiger partial charge in [0.1, 0.15) is 5.75 Å². The number of halogens is 1. The molecule has 4 nitrogen and oxygen atoms in total. The van der Waals surface area contributed by atoms with Crippen LogP contribution in [0.25, 0.3) is 0 Å². The molecule has 20 heavy (non-hydrogen) atoms. The Morgan fingerprint density at radius 3 is 2.40 bits per heavy atom. The molecule has 0 atom stereocenters. The average Bonchev–Trinajstić information content (AvgIpc) is 2.63. The number of nitrogens with two attached hydrogens (primary N) is 1. The predicted molar refractivity (Wildman–Crippen MR) is 84.4 cm³/mol. The minimum atomic E-state index is 0.585. The van der Waals surface area contributed by atoms with Crippen LogP contribution in [0.5, 0.6) is 11.6 Å². The minimum absolute atomic E-state index is 0.585. The number of aryl methyl sites for hydroxylation is 4. The maximum Gasteiger partial charge on any atom is 0.221 e. The Labute approximate surface area is 128 Å². The first-order valence-corrected chi connectivity index (χ1v) is 7.40. The van der Waals surface area contributed by atoms with Gasteiger partial charge in [0, 0.05) is 17.1 Å². The van der Waals surface area contributed by atoms with Crippen molar-refractivity contribution in [3.63, 3.8) is 0 Å². The summed E-state index contributed by atoms with van der Waals surface area (Å²) in [5.74, 6) is 1.60. The van der Waals surface area contributed by atoms with Crippen molar-refractivity contribution in [2.75, 3.05) is 6.54 Å². The molecule has 0 aliphatic rings. The normalized spacial score (nSPS) is 10.9. The predicted octanol–water partition coefficient (Wildman–Crippen LogP) is 3.40. The molecular formula is C15H20BrN3O. The Kier molecular flexibility index (Phi) is 4.50. The summed E-state index contributed by atoms with van der Waals surface area (Å²) < 4.78 is 8.94. The van der Waals surface area contributed by atoms with Crippen molar-refractivity contribution >= 4 is 15.9 Å². The fourth-order valence-corrected chi connectivity index (χ4v) is 2.55. The number of nitrogens with zero attached hydrogens (tertiary/aromatic N) is 2. The van der Waals surface area contributed by atoms with E-state index in [1.807, 2.05) is 26.1 Å². The van der Waals surface area contributed by atoms with Crippen LogP contribution in [-0.2, 0) is 13.5 Å². The van der Waals surface area contributed by atoms with Crippen LogP contribution in [0, 0.1) is 20.8 Å². The van der Waals surface area contributed by atoms with E-state index in [0.717, 1.165) is 44.9 Å². The molecule has 0 amide bonds. The maximum absolute atomic E-state index is 6.05. The van der Waals surface area contributed by atoms with E-state index >= 15 is 0 Å². The number of rotatable bonds is 4. The zero-order valence-corrected chi connectivity index (χ0v) is 13.9. The summed E-state index contributed by atoms with van der Waals surface area (Å²) in [5, 5.41) is 4.42. The monoisotopic (exact) mass is 337 g/mol. The highest BCUT2D eigenvalue weighted by molar-refractivity contribution is 9.10. The van der Waals surface area contributed by atoms with Gasteiger partial charge in [-0.05, 0) is 57.0 Å². The van der Waals surface area contributed by atoms with Crippen LogP contribution in [0.1, 0.15) is 22.4 Å². The van der Waals surface area contributed by atoms with Crippen LogP contribution in [0.3, 0.4) is 0 Å². The molecule has 0 bridgehead atoms. The van der Waals surface area contributed by atoms with E-state index < -0.39 is 0 Å². The Morgan fingerprint density at radius 1 is 1.25 bits per heavy atom. The summed E-state index contributed by atoms with van der Waals surface area (Å²) in [4.78, 5) is 0. The number of ether oxygens (including phenoxy) is 1. The fraction of sp³-hybridized carbons (Fsp3) is 0.400. The van der Waals surface area contributed by atoms with Crippen molar-refractivity contribution in [2.24, 2.45) is 12.8 Å². The average molecular weight is 338 g/mol. The molecule has 0 radical (unpaired) electrons. The Balaban J connectivity index is 2.39. The molecule has 108 valence electrons. The zero-order chi connectivity index (χ0) is 14.9. The smallest absolute Gasteiger partial charge is 0.221 e. The standard InChI is InChI=1S/C15H20BrN3O/c1-9-7-12(8-10(2)14(9)16)20-15-13(5-6-17)11(3)18-19(15)4/h7-8H,5-6,17H2,1-4H3. The van der Waals surface area contributed by atoms with E-state index in [4.69, 9.17) is 10.5 Å². The molecule has 2 rings (SSSR count). The molecule has 2 N–H and O–H groups in total. The highest BCUT2D eigenvalue weighted by Crippen LogP contribution is 2.31. The van der Waals surface area contributed by atoms with Crippen LogP contribution in [0.15, 0.2) is 16.6 Å². The van der Waals surface area contributed by atoms with E-state index in [1.165, 1.54) is 0 Å². The summed E-state index contributed by atoms with van der Waals surface area (Å²) in [6.45, 7) is 6.68. The van der Waals surface area contributed by atoms with Gasteiger partial charge in [-0.2, -0.15) is 5.10 Å². The van der Waals surface area contributed by atoms with Crippen LogP contribution in [-0.4, -0.2) is 16.3 Å². The first kappa shape index (κ1) is 15.1. The molecule has 0 saturated heterocycles. The Morgan fingerprint density at radius 2 is 1.85 bits per heavy atom. The van der Waals surface area contributed by atoms with Crippen LogP contribution >= 0.6 is 15.9 Å². The molecule has 0 unspecified atom stereocenters. The van der Waals surface area contributed by atoms with Crippen molar-refractivity contribution in [1.29, 1.82) is 0 Å². The van der Waals surface area contributed by atoms with E-state index in [0.29, 0.717) is 6.54 Å². The second kappa shape index (κ2) is 5.97. The third-order valence-corrected chi connectivity index (χ3v) is 4.56. The van der Waals surface area contributed by atoms with Crippen molar-refractivity contribution in [3.05, 3.63) is 39.0 Å². The summed E-state index contributed by atoms with van der Waals surface area (Å²) >= 11 is 3.57. The quantitative estimate of drug-likeness (QED) is 0.930. The second-order valence-electron chi connectivity index (χ2n) is 5.00. The lowest BCUT2D eigenvalue weighted by Crippen LogP contribution is -2.05. The molecular weight excluding hydrogens is 318 g/mol. The number of hydrogen-bond donors (Lipinski definition) is 1. The van der Waals surface area contributed by atoms with E-state index in [1.54, 1.807) is 4.68 Å². The first-order valence-electron chi connectivity index (χ1n) is 6.61. The molecule has 1 heterocycles. The minimum Gasteiger partial charge on any atom is -0.439 e. The van der Waals surface area contributed by atoms with Crippen LogP contribution < -0.4 is 10.5 Å². The summed E-state index contributed by atoms with van der Waals surface area (Å²) in [5.41, 5.74) is 10.0. The molecule has 1 aromatic heterocycles. The van der Waals surface area contributed by atoms with Gasteiger partial charge in [0.2, 0.25) is 5.88 Å². The molecule has 2 aromatic rings. The van der Waals surface area contributed by atoms with Crippen molar-refractivity contribution in [2.45, 2.75) is 27.2 Å². The molecule has 0 spiro atoms. The first-order chi connectivity index (χ1) is 9.43. The third kappa shape index (κ3) is 2.88. The fourth-order valence-electron chi connectivity index (χ4n) is 2.32. The molecule has 5 heteroatoms. The lowest BCUT2D eigenvalue weighted by atomic mass is 10.1. The number of aromatic nitrogens is 2. The van der Waals surface area contributed by atoms with Gasteiger partial charge in [-0.1, -0.05) is 15.9 Å². The lowest BCUT2D eigenvalue weighted by molar-refractivity contribution is 0.425. The molecule has 0 aliphatic heterocycles. The lowest BCUT2D eigenvalue weighted by Gasteiger charge is -2.11. The molecule has 0 fully saturated rings. The summed E-state index contributed by atoms with van der Waals surface area (Å²) in [6.07, 6.45) is 0.767. The summed E-state index contributed by atoms with van der Waals surface area (Å²) in [6, 6.07) is 4.04. The zero-order valence-electron chi connectivity index (χ0n) is 12.3. The van der Waals surface area contributed by atoms with Gasteiger partial charge in [0.25, 0.3) is 0 Å². The van der Waals surface area contributed by atoms with Gasteiger partial charge in [0.15, 0.2) is 0 Å². The molecule has 1 aromatic carbocycles. The van der Waals surface area contributed by atoms with Crippen molar-refractivity contribution in [3.8, 4) is 11.6 Å². The second-order valence-corrected chi connectivity index (χ2v) is 5.80. The third-order valence-electron chi connectivity index (χ3n) is 3.31. The Hall–Kier alpha value is -1.33. The number of benzene rings is 1. The number of hydrogen-bond acceptors (Lipinski definition) is 3. The van der Waals surface area contributed by atoms with Crippen molar-refractivity contribution < 1.29 is 4.74 Å². The van der Waals surface area contributed by atoms with Gasteiger partial charge < -0.3 is 10.5 Å². The SMILES string of the molecule is Cc1cc(Oc2c(CCN)c(C)nn2C)cc(C)c1Br. The van der Waals surface area contributed by atoms with Crippen LogP contribution in [0.2, 0.25) is 0 Å². The largest absolute Gasteiger partial charge is 0.439 e. The summed E-state index contributed by atoms with van der Waals surface area (Å²) in [7, 11) is 1.89. The molecule has 0 saturated carbocycles. The van der Waals surface area contributed by atoms with Crippen molar-refractivity contribution in [1.82, 2.24) is 9.78 Å². The van der Waals surface area contributed by atoms with E-state index in [-0.39, 0.29) is 0 Å². The Bertz CT molecular complexity index is 611. The van der Waals surface area contributed by atoms with Gasteiger partial charge in [-0.3, -0.25) is 0 Å². The highest BCUT2D eigenvalue weighted by Gasteiger charge is 2.15. The molecule has 0 aliphatic carbocycles.